The lowest BCUT2D eigenvalue weighted by atomic mass is 10.1. The molecule has 7 nitrogen and oxygen atoms in total. The van der Waals surface area contributed by atoms with Crippen molar-refractivity contribution < 1.29 is 4.79 Å². The number of aromatic nitrogens is 2. The fourth-order valence-corrected chi connectivity index (χ4v) is 2.14. The molecule has 0 saturated heterocycles. The molecule has 0 bridgehead atoms. The van der Waals surface area contributed by atoms with Gasteiger partial charge in [-0.2, -0.15) is 0 Å². The van der Waals surface area contributed by atoms with Crippen LogP contribution < -0.4 is 22.2 Å². The van der Waals surface area contributed by atoms with E-state index in [0.29, 0.717) is 42.7 Å². The van der Waals surface area contributed by atoms with Crippen molar-refractivity contribution in [3.63, 3.8) is 0 Å². The van der Waals surface area contributed by atoms with Crippen molar-refractivity contribution in [2.45, 2.75) is 19.9 Å². The fraction of sp³-hybridized carbons (Fsp3) is 0.357. The van der Waals surface area contributed by atoms with Crippen LogP contribution in [0.15, 0.2) is 27.8 Å². The van der Waals surface area contributed by atoms with Crippen LogP contribution in [0.4, 0.5) is 0 Å². The average Bonchev–Trinajstić information content (AvgIpc) is 2.48. The number of carbonyl (C=O) groups excluding carboxylic acids is 1. The molecule has 0 radical (unpaired) electrons. The minimum atomic E-state index is -0.690. The van der Waals surface area contributed by atoms with Gasteiger partial charge in [0.1, 0.15) is 0 Å². The molecule has 4 N–H and O–H groups in total. The quantitative estimate of drug-likeness (QED) is 0.539. The number of rotatable bonds is 5. The number of halogens is 1. The third kappa shape index (κ3) is 3.55. The summed E-state index contributed by atoms with van der Waals surface area (Å²) in [5.74, 6) is -0.236. The van der Waals surface area contributed by atoms with Crippen LogP contribution in [0.5, 0.6) is 0 Å². The van der Waals surface area contributed by atoms with Crippen molar-refractivity contribution in [1.82, 2.24) is 14.9 Å². The molecule has 120 valence electrons. The second-order valence-corrected chi connectivity index (χ2v) is 4.63. The molecule has 1 heterocycles. The molecule has 0 aliphatic carbocycles. The number of hydrogen-bond acceptors (Lipinski definition) is 4. The average molecular weight is 327 g/mol. The Morgan fingerprint density at radius 1 is 1.36 bits per heavy atom. The molecule has 22 heavy (non-hydrogen) atoms. The summed E-state index contributed by atoms with van der Waals surface area (Å²) in [5.41, 5.74) is 5.58. The first-order chi connectivity index (χ1) is 10.1. The van der Waals surface area contributed by atoms with Crippen LogP contribution in [0.2, 0.25) is 0 Å². The van der Waals surface area contributed by atoms with E-state index in [9.17, 15) is 14.4 Å². The minimum Gasteiger partial charge on any atom is -0.352 e. The lowest BCUT2D eigenvalue weighted by molar-refractivity contribution is 0.0953. The Morgan fingerprint density at radius 2 is 2.09 bits per heavy atom. The second kappa shape index (κ2) is 7.77. The first-order valence-electron chi connectivity index (χ1n) is 6.83. The first kappa shape index (κ1) is 17.9. The van der Waals surface area contributed by atoms with Crippen LogP contribution in [0.25, 0.3) is 11.0 Å². The molecule has 0 fully saturated rings. The maximum atomic E-state index is 12.0. The zero-order valence-corrected chi connectivity index (χ0v) is 13.0. The molecule has 0 unspecified atom stereocenters. The number of nitrogens with one attached hydrogen (secondary N) is 2. The topological polar surface area (TPSA) is 110 Å². The number of benzene rings is 1. The third-order valence-corrected chi connectivity index (χ3v) is 3.22. The summed E-state index contributed by atoms with van der Waals surface area (Å²) in [7, 11) is 0. The number of aromatic amines is 1. The molecule has 2 aromatic rings. The smallest absolute Gasteiger partial charge is 0.316 e. The molecular formula is C14H19ClN4O3. The second-order valence-electron chi connectivity index (χ2n) is 4.63. The summed E-state index contributed by atoms with van der Waals surface area (Å²) in [6, 6.07) is 4.86. The summed E-state index contributed by atoms with van der Waals surface area (Å²) in [6.07, 6.45) is 0.700. The van der Waals surface area contributed by atoms with E-state index in [1.165, 1.54) is 4.57 Å². The predicted octanol–water partition coefficient (Wildman–Crippen LogP) is 0.210. The lowest BCUT2D eigenvalue weighted by Gasteiger charge is -2.09. The number of H-pyrrole nitrogens is 1. The summed E-state index contributed by atoms with van der Waals surface area (Å²) in [6.45, 7) is 3.18. The highest BCUT2D eigenvalue weighted by atomic mass is 35.5. The van der Waals surface area contributed by atoms with E-state index in [4.69, 9.17) is 5.73 Å². The van der Waals surface area contributed by atoms with Crippen molar-refractivity contribution in [3.05, 3.63) is 44.5 Å². The van der Waals surface area contributed by atoms with Crippen molar-refractivity contribution in [2.75, 3.05) is 13.1 Å². The van der Waals surface area contributed by atoms with Gasteiger partial charge < -0.3 is 20.6 Å². The van der Waals surface area contributed by atoms with E-state index in [2.05, 4.69) is 10.3 Å². The summed E-state index contributed by atoms with van der Waals surface area (Å²) < 4.78 is 1.38. The van der Waals surface area contributed by atoms with E-state index >= 15 is 0 Å². The Labute approximate surface area is 132 Å². The summed E-state index contributed by atoms with van der Waals surface area (Å²) in [4.78, 5) is 37.8. The van der Waals surface area contributed by atoms with Gasteiger partial charge in [-0.1, -0.05) is 0 Å². The van der Waals surface area contributed by atoms with Gasteiger partial charge >= 0.3 is 11.1 Å². The van der Waals surface area contributed by atoms with E-state index in [-0.39, 0.29) is 18.3 Å². The number of amides is 1. The fourth-order valence-electron chi connectivity index (χ4n) is 2.14. The van der Waals surface area contributed by atoms with E-state index in [0.717, 1.165) is 0 Å². The molecule has 8 heteroatoms. The number of nitrogens with two attached hydrogens (primary N) is 1. The minimum absolute atomic E-state index is 0. The highest BCUT2D eigenvalue weighted by Crippen LogP contribution is 2.11. The van der Waals surface area contributed by atoms with Crippen LogP contribution >= 0.6 is 12.4 Å². The Balaban J connectivity index is 0.00000242. The predicted molar refractivity (Wildman–Crippen MR) is 87.8 cm³/mol. The third-order valence-electron chi connectivity index (χ3n) is 3.22. The maximum Gasteiger partial charge on any atom is 0.316 e. The van der Waals surface area contributed by atoms with E-state index in [1.807, 2.05) is 0 Å². The zero-order valence-electron chi connectivity index (χ0n) is 12.2. The molecule has 0 saturated carbocycles. The monoisotopic (exact) mass is 326 g/mol. The molecule has 1 aromatic heterocycles. The normalized spacial score (nSPS) is 10.3. The van der Waals surface area contributed by atoms with Crippen molar-refractivity contribution in [2.24, 2.45) is 5.73 Å². The number of carbonyl (C=O) groups is 1. The molecule has 0 spiro atoms. The largest absolute Gasteiger partial charge is 0.352 e. The van der Waals surface area contributed by atoms with Crippen LogP contribution in [-0.4, -0.2) is 28.5 Å². The Bertz CT molecular complexity index is 782. The van der Waals surface area contributed by atoms with Crippen molar-refractivity contribution in [1.29, 1.82) is 0 Å². The summed E-state index contributed by atoms with van der Waals surface area (Å²) >= 11 is 0. The van der Waals surface area contributed by atoms with Gasteiger partial charge in [0, 0.05) is 18.7 Å². The maximum absolute atomic E-state index is 12.0. The Hall–Kier alpha value is -2.12. The summed E-state index contributed by atoms with van der Waals surface area (Å²) in [5, 5.41) is 2.74. The van der Waals surface area contributed by atoms with Gasteiger partial charge in [-0.25, -0.2) is 0 Å². The van der Waals surface area contributed by atoms with Crippen LogP contribution in [0, 0.1) is 0 Å². The Morgan fingerprint density at radius 3 is 2.73 bits per heavy atom. The number of hydrogen-bond donors (Lipinski definition) is 3. The van der Waals surface area contributed by atoms with Gasteiger partial charge in [0.25, 0.3) is 5.91 Å². The van der Waals surface area contributed by atoms with Gasteiger partial charge in [-0.05, 0) is 38.1 Å². The standard InChI is InChI=1S/C14H18N4O3.ClH/c1-2-18-11-5-4-9(12(19)16-7-3-6-15)8-10(11)17-13(20)14(18)21;/h4-5,8H,2-3,6-7,15H2,1H3,(H,16,19)(H,17,20);1H. The van der Waals surface area contributed by atoms with Crippen molar-refractivity contribution in [3.8, 4) is 0 Å². The number of aryl methyl sites for hydroxylation is 1. The van der Waals surface area contributed by atoms with Gasteiger partial charge in [0.2, 0.25) is 0 Å². The van der Waals surface area contributed by atoms with Gasteiger partial charge in [-0.15, -0.1) is 12.4 Å². The number of fused-ring (bicyclic) bond motifs is 1. The van der Waals surface area contributed by atoms with Gasteiger partial charge in [0.05, 0.1) is 11.0 Å². The van der Waals surface area contributed by atoms with E-state index in [1.54, 1.807) is 25.1 Å². The molecule has 1 amide bonds. The molecule has 0 aliphatic rings. The highest BCUT2D eigenvalue weighted by Gasteiger charge is 2.10. The molecule has 2 rings (SSSR count). The lowest BCUT2D eigenvalue weighted by Crippen LogP contribution is -2.36. The molecule has 1 aromatic carbocycles. The molecular weight excluding hydrogens is 308 g/mol. The van der Waals surface area contributed by atoms with Crippen LogP contribution in [0.1, 0.15) is 23.7 Å². The highest BCUT2D eigenvalue weighted by molar-refractivity contribution is 5.97. The SMILES string of the molecule is CCn1c(=O)c(=O)[nH]c2cc(C(=O)NCCCN)ccc21.Cl. The number of nitrogens with zero attached hydrogens (tertiary/aromatic N) is 1. The first-order valence-corrected chi connectivity index (χ1v) is 6.83. The van der Waals surface area contributed by atoms with Gasteiger partial charge in [-0.3, -0.25) is 14.4 Å². The van der Waals surface area contributed by atoms with E-state index < -0.39 is 11.1 Å². The van der Waals surface area contributed by atoms with Gasteiger partial charge in [0.15, 0.2) is 0 Å². The molecule has 0 atom stereocenters. The van der Waals surface area contributed by atoms with Crippen molar-refractivity contribution >= 4 is 29.3 Å². The molecule has 0 aliphatic heterocycles. The van der Waals surface area contributed by atoms with Crippen LogP contribution in [-0.2, 0) is 6.54 Å². The zero-order chi connectivity index (χ0) is 15.4. The Kier molecular flexibility index (Phi) is 6.33. The van der Waals surface area contributed by atoms with Crippen LogP contribution in [0.3, 0.4) is 0 Å².